The van der Waals surface area contributed by atoms with Crippen molar-refractivity contribution in [3.63, 3.8) is 0 Å². The fraction of sp³-hybridized carbons (Fsp3) is 0.800. The zero-order valence-electron chi connectivity index (χ0n) is 8.71. The van der Waals surface area contributed by atoms with Gasteiger partial charge in [0.1, 0.15) is 0 Å². The van der Waals surface area contributed by atoms with Crippen LogP contribution in [0.2, 0.25) is 0 Å². The Bertz CT molecular complexity index is 187. The molecule has 0 aromatic carbocycles. The fourth-order valence-corrected chi connectivity index (χ4v) is 1.00. The van der Waals surface area contributed by atoms with Gasteiger partial charge in [-0.25, -0.2) is 0 Å². The third-order valence-corrected chi connectivity index (χ3v) is 1.70. The topological polar surface area (TPSA) is 62.1 Å². The number of esters is 1. The molecule has 0 heterocycles. The molecule has 0 aliphatic rings. The summed E-state index contributed by atoms with van der Waals surface area (Å²) in [5.41, 5.74) is 0. The molecule has 4 nitrogen and oxygen atoms in total. The highest BCUT2D eigenvalue weighted by molar-refractivity contribution is 5.69. The molecule has 1 N–H and O–H groups in total. The standard InChI is InChI=1S/C10H18N2O2/c1-2-14-10(13)6-9-12-8-5-3-4-7-11/h12H,2-6,8-9H2,1H3. The van der Waals surface area contributed by atoms with Gasteiger partial charge in [0.05, 0.1) is 19.1 Å². The Kier molecular flexibility index (Phi) is 9.23. The first-order valence-electron chi connectivity index (χ1n) is 5.04. The summed E-state index contributed by atoms with van der Waals surface area (Å²) >= 11 is 0. The van der Waals surface area contributed by atoms with Crippen LogP contribution in [0.25, 0.3) is 0 Å². The second kappa shape index (κ2) is 10.0. The number of nitrogens with zero attached hydrogens (tertiary/aromatic N) is 1. The maximum atomic E-state index is 10.9. The van der Waals surface area contributed by atoms with Gasteiger partial charge in [0.2, 0.25) is 0 Å². The van der Waals surface area contributed by atoms with Crippen molar-refractivity contribution in [3.8, 4) is 6.07 Å². The normalized spacial score (nSPS) is 9.43. The van der Waals surface area contributed by atoms with Crippen LogP contribution in [0.4, 0.5) is 0 Å². The SMILES string of the molecule is CCOC(=O)CCNCCCCC#N. The van der Waals surface area contributed by atoms with Gasteiger partial charge in [0, 0.05) is 13.0 Å². The summed E-state index contributed by atoms with van der Waals surface area (Å²) in [6.07, 6.45) is 2.94. The monoisotopic (exact) mass is 198 g/mol. The predicted octanol–water partition coefficient (Wildman–Crippen LogP) is 1.22. The summed E-state index contributed by atoms with van der Waals surface area (Å²) in [5.74, 6) is -0.156. The number of hydrogen-bond acceptors (Lipinski definition) is 4. The van der Waals surface area contributed by atoms with Crippen molar-refractivity contribution in [2.24, 2.45) is 0 Å². The highest BCUT2D eigenvalue weighted by atomic mass is 16.5. The minimum atomic E-state index is -0.156. The highest BCUT2D eigenvalue weighted by Gasteiger charge is 1.99. The Hall–Kier alpha value is -1.08. The maximum absolute atomic E-state index is 10.9. The third-order valence-electron chi connectivity index (χ3n) is 1.70. The molecular formula is C10H18N2O2. The first-order valence-corrected chi connectivity index (χ1v) is 5.04. The molecule has 0 aromatic rings. The van der Waals surface area contributed by atoms with E-state index >= 15 is 0 Å². The van der Waals surface area contributed by atoms with Crippen LogP contribution in [0.5, 0.6) is 0 Å². The quantitative estimate of drug-likeness (QED) is 0.470. The van der Waals surface area contributed by atoms with E-state index < -0.39 is 0 Å². The van der Waals surface area contributed by atoms with Gasteiger partial charge in [0.25, 0.3) is 0 Å². The number of carbonyl (C=O) groups is 1. The lowest BCUT2D eigenvalue weighted by atomic mass is 10.2. The largest absolute Gasteiger partial charge is 0.466 e. The molecule has 0 aromatic heterocycles. The molecule has 0 unspecified atom stereocenters. The van der Waals surface area contributed by atoms with E-state index in [-0.39, 0.29) is 5.97 Å². The van der Waals surface area contributed by atoms with Crippen molar-refractivity contribution in [3.05, 3.63) is 0 Å². The highest BCUT2D eigenvalue weighted by Crippen LogP contribution is 1.91. The Balaban J connectivity index is 3.06. The third kappa shape index (κ3) is 9.01. The Morgan fingerprint density at radius 3 is 2.86 bits per heavy atom. The number of nitrogens with one attached hydrogen (secondary N) is 1. The van der Waals surface area contributed by atoms with Crippen LogP contribution in [-0.4, -0.2) is 25.7 Å². The Labute approximate surface area is 85.2 Å². The van der Waals surface area contributed by atoms with Gasteiger partial charge in [-0.05, 0) is 26.3 Å². The maximum Gasteiger partial charge on any atom is 0.307 e. The predicted molar refractivity (Wildman–Crippen MR) is 53.6 cm³/mol. The van der Waals surface area contributed by atoms with E-state index in [0.717, 1.165) is 19.4 Å². The smallest absolute Gasteiger partial charge is 0.307 e. The van der Waals surface area contributed by atoms with Crippen LogP contribution in [0.3, 0.4) is 0 Å². The summed E-state index contributed by atoms with van der Waals surface area (Å²) in [7, 11) is 0. The molecule has 14 heavy (non-hydrogen) atoms. The van der Waals surface area contributed by atoms with E-state index in [1.807, 2.05) is 0 Å². The number of rotatable bonds is 8. The van der Waals surface area contributed by atoms with Crippen LogP contribution in [-0.2, 0) is 9.53 Å². The first kappa shape index (κ1) is 12.9. The van der Waals surface area contributed by atoms with Crippen LogP contribution in [0, 0.1) is 11.3 Å². The first-order chi connectivity index (χ1) is 6.81. The Morgan fingerprint density at radius 2 is 2.21 bits per heavy atom. The van der Waals surface area contributed by atoms with E-state index in [9.17, 15) is 4.79 Å². The van der Waals surface area contributed by atoms with E-state index in [4.69, 9.17) is 10.00 Å². The minimum absolute atomic E-state index is 0.156. The second-order valence-electron chi connectivity index (χ2n) is 2.92. The van der Waals surface area contributed by atoms with Crippen molar-refractivity contribution >= 4 is 5.97 Å². The summed E-state index contributed by atoms with van der Waals surface area (Å²) in [6.45, 7) is 3.76. The lowest BCUT2D eigenvalue weighted by Crippen LogP contribution is -2.20. The van der Waals surface area contributed by atoms with Crippen LogP contribution >= 0.6 is 0 Å². The van der Waals surface area contributed by atoms with Gasteiger partial charge in [-0.3, -0.25) is 4.79 Å². The molecule has 0 saturated carbocycles. The number of hydrogen-bond donors (Lipinski definition) is 1. The van der Waals surface area contributed by atoms with Crippen molar-refractivity contribution in [1.29, 1.82) is 5.26 Å². The van der Waals surface area contributed by atoms with Gasteiger partial charge < -0.3 is 10.1 Å². The van der Waals surface area contributed by atoms with Crippen molar-refractivity contribution in [2.45, 2.75) is 32.6 Å². The van der Waals surface area contributed by atoms with Crippen LogP contribution in [0.15, 0.2) is 0 Å². The van der Waals surface area contributed by atoms with Gasteiger partial charge in [-0.2, -0.15) is 5.26 Å². The summed E-state index contributed by atoms with van der Waals surface area (Å²) in [6, 6.07) is 2.09. The fourth-order valence-electron chi connectivity index (χ4n) is 1.00. The molecule has 0 rings (SSSR count). The molecule has 0 spiro atoms. The van der Waals surface area contributed by atoms with Gasteiger partial charge in [-0.15, -0.1) is 0 Å². The molecule has 0 aliphatic heterocycles. The zero-order valence-corrected chi connectivity index (χ0v) is 8.71. The van der Waals surface area contributed by atoms with E-state index in [1.165, 1.54) is 0 Å². The molecule has 0 radical (unpaired) electrons. The molecule has 0 amide bonds. The molecule has 0 atom stereocenters. The molecule has 0 aliphatic carbocycles. The summed E-state index contributed by atoms with van der Waals surface area (Å²) in [4.78, 5) is 10.9. The molecular weight excluding hydrogens is 180 g/mol. The average molecular weight is 198 g/mol. The van der Waals surface area contributed by atoms with Gasteiger partial charge in [-0.1, -0.05) is 0 Å². The summed E-state index contributed by atoms with van der Waals surface area (Å²) < 4.78 is 4.76. The number of nitriles is 1. The second-order valence-corrected chi connectivity index (χ2v) is 2.92. The van der Waals surface area contributed by atoms with Crippen molar-refractivity contribution in [1.82, 2.24) is 5.32 Å². The number of carbonyl (C=O) groups excluding carboxylic acids is 1. The lowest BCUT2D eigenvalue weighted by molar-refractivity contribution is -0.142. The van der Waals surface area contributed by atoms with Gasteiger partial charge >= 0.3 is 5.97 Å². The molecule has 0 saturated heterocycles. The molecule has 80 valence electrons. The van der Waals surface area contributed by atoms with Crippen LogP contribution in [0.1, 0.15) is 32.6 Å². The van der Waals surface area contributed by atoms with Crippen LogP contribution < -0.4 is 5.32 Å². The lowest BCUT2D eigenvalue weighted by Gasteiger charge is -2.03. The molecule has 0 fully saturated rings. The average Bonchev–Trinajstić information content (AvgIpc) is 2.17. The molecule has 0 bridgehead atoms. The molecule has 4 heteroatoms. The minimum Gasteiger partial charge on any atom is -0.466 e. The van der Waals surface area contributed by atoms with Gasteiger partial charge in [0.15, 0.2) is 0 Å². The van der Waals surface area contributed by atoms with E-state index in [0.29, 0.717) is 26.0 Å². The van der Waals surface area contributed by atoms with E-state index in [2.05, 4.69) is 11.4 Å². The summed E-state index contributed by atoms with van der Waals surface area (Å²) in [5, 5.41) is 11.4. The number of ether oxygens (including phenoxy) is 1. The van der Waals surface area contributed by atoms with Crippen molar-refractivity contribution in [2.75, 3.05) is 19.7 Å². The number of unbranched alkanes of at least 4 members (excludes halogenated alkanes) is 2. The zero-order chi connectivity index (χ0) is 10.6. The van der Waals surface area contributed by atoms with Crippen molar-refractivity contribution < 1.29 is 9.53 Å². The Morgan fingerprint density at radius 1 is 1.43 bits per heavy atom. The van der Waals surface area contributed by atoms with E-state index in [1.54, 1.807) is 6.92 Å².